The Morgan fingerprint density at radius 2 is 1.75 bits per heavy atom. The van der Waals surface area contributed by atoms with E-state index < -0.39 is 7.12 Å². The molecule has 0 aliphatic carbocycles. The van der Waals surface area contributed by atoms with Crippen molar-refractivity contribution in [1.29, 1.82) is 0 Å². The number of rotatable bonds is 5. The minimum atomic E-state index is -0.391. The molecule has 0 atom stereocenters. The van der Waals surface area contributed by atoms with E-state index in [-0.39, 0.29) is 17.5 Å². The van der Waals surface area contributed by atoms with E-state index in [1.54, 1.807) is 25.1 Å². The molecule has 2 rings (SSSR count). The van der Waals surface area contributed by atoms with Crippen molar-refractivity contribution in [3.63, 3.8) is 0 Å². The average Bonchev–Trinajstić information content (AvgIpc) is 2.90. The van der Waals surface area contributed by atoms with Gasteiger partial charge in [0.2, 0.25) is 0 Å². The van der Waals surface area contributed by atoms with Gasteiger partial charge in [0.25, 0.3) is 0 Å². The second-order valence-corrected chi connectivity index (χ2v) is 5.98. The van der Waals surface area contributed by atoms with Crippen molar-refractivity contribution in [3.8, 4) is 0 Å². The molecule has 1 aliphatic rings. The maximum Gasteiger partial charge on any atom is 0.498 e. The molecule has 0 saturated carbocycles. The second-order valence-electron chi connectivity index (χ2n) is 5.98. The highest BCUT2D eigenvalue weighted by molar-refractivity contribution is 6.61. The third-order valence-electron chi connectivity index (χ3n) is 4.04. The molecule has 1 aromatic heterocycles. The molecule has 1 aromatic rings. The molecule has 2 heterocycles. The zero-order chi connectivity index (χ0) is 15.0. The highest BCUT2D eigenvalue weighted by Crippen LogP contribution is 2.36. The Morgan fingerprint density at radius 3 is 2.25 bits per heavy atom. The standard InChI is InChI=1S/C13H23BN2O4/c1-12(2)13(3,4)20-14(19-12)10-7-15-16(8-10)9-11(17-5)18-6/h7-8,11H,9H2,1-6H3. The summed E-state index contributed by atoms with van der Waals surface area (Å²) in [6.07, 6.45) is 3.33. The first-order chi connectivity index (χ1) is 9.29. The largest absolute Gasteiger partial charge is 0.498 e. The van der Waals surface area contributed by atoms with Crippen molar-refractivity contribution in [3.05, 3.63) is 12.4 Å². The first kappa shape index (κ1) is 15.5. The van der Waals surface area contributed by atoms with Gasteiger partial charge in [-0.2, -0.15) is 5.10 Å². The second kappa shape index (κ2) is 5.48. The van der Waals surface area contributed by atoms with Crippen molar-refractivity contribution in [2.24, 2.45) is 0 Å². The molecule has 1 aliphatic heterocycles. The fourth-order valence-electron chi connectivity index (χ4n) is 1.98. The van der Waals surface area contributed by atoms with E-state index >= 15 is 0 Å². The smallest absolute Gasteiger partial charge is 0.399 e. The average molecular weight is 282 g/mol. The van der Waals surface area contributed by atoms with E-state index in [0.717, 1.165) is 5.46 Å². The summed E-state index contributed by atoms with van der Waals surface area (Å²) in [7, 11) is 2.82. The van der Waals surface area contributed by atoms with Crippen molar-refractivity contribution in [2.75, 3.05) is 14.2 Å². The molecule has 0 spiro atoms. The summed E-state index contributed by atoms with van der Waals surface area (Å²) in [5.41, 5.74) is 0.206. The summed E-state index contributed by atoms with van der Waals surface area (Å²) in [6, 6.07) is 0. The van der Waals surface area contributed by atoms with Crippen LogP contribution < -0.4 is 5.46 Å². The quantitative estimate of drug-likeness (QED) is 0.590. The lowest BCUT2D eigenvalue weighted by atomic mass is 9.82. The zero-order valence-corrected chi connectivity index (χ0v) is 13.0. The first-order valence-electron chi connectivity index (χ1n) is 6.72. The molecular weight excluding hydrogens is 259 g/mol. The Kier molecular flexibility index (Phi) is 4.25. The molecule has 1 saturated heterocycles. The van der Waals surface area contributed by atoms with E-state index in [4.69, 9.17) is 18.8 Å². The summed E-state index contributed by atoms with van der Waals surface area (Å²) < 4.78 is 24.0. The van der Waals surface area contributed by atoms with Crippen LogP contribution in [0.3, 0.4) is 0 Å². The van der Waals surface area contributed by atoms with Gasteiger partial charge in [-0.15, -0.1) is 0 Å². The zero-order valence-electron chi connectivity index (χ0n) is 13.0. The van der Waals surface area contributed by atoms with Gasteiger partial charge >= 0.3 is 7.12 Å². The number of ether oxygens (including phenoxy) is 2. The van der Waals surface area contributed by atoms with Gasteiger partial charge in [-0.3, -0.25) is 4.68 Å². The van der Waals surface area contributed by atoms with Gasteiger partial charge in [0, 0.05) is 32.1 Å². The van der Waals surface area contributed by atoms with Crippen LogP contribution in [-0.2, 0) is 25.3 Å². The molecule has 0 aromatic carbocycles. The van der Waals surface area contributed by atoms with Crippen molar-refractivity contribution < 1.29 is 18.8 Å². The molecular formula is C13H23BN2O4. The minimum absolute atomic E-state index is 0.318. The van der Waals surface area contributed by atoms with Gasteiger partial charge in [0.1, 0.15) is 0 Å². The number of nitrogens with zero attached hydrogens (tertiary/aromatic N) is 2. The van der Waals surface area contributed by atoms with Gasteiger partial charge in [0.15, 0.2) is 6.29 Å². The summed E-state index contributed by atoms with van der Waals surface area (Å²) in [5, 5.41) is 4.29. The normalized spacial score (nSPS) is 20.9. The van der Waals surface area contributed by atoms with Crippen molar-refractivity contribution in [2.45, 2.75) is 51.7 Å². The highest BCUT2D eigenvalue weighted by Gasteiger charge is 2.52. The molecule has 112 valence electrons. The maximum atomic E-state index is 5.98. The molecule has 6 nitrogen and oxygen atoms in total. The molecule has 0 bridgehead atoms. The first-order valence-corrected chi connectivity index (χ1v) is 6.72. The Labute approximate surface area is 120 Å². The molecule has 0 amide bonds. The van der Waals surface area contributed by atoms with Gasteiger partial charge in [-0.1, -0.05) is 0 Å². The van der Waals surface area contributed by atoms with Crippen LogP contribution in [-0.4, -0.2) is 48.6 Å². The predicted octanol–water partition coefficient (Wildman–Crippen LogP) is 0.801. The number of aromatic nitrogens is 2. The fraction of sp³-hybridized carbons (Fsp3) is 0.769. The van der Waals surface area contributed by atoms with E-state index in [9.17, 15) is 0 Å². The van der Waals surface area contributed by atoms with Crippen LogP contribution >= 0.6 is 0 Å². The van der Waals surface area contributed by atoms with Crippen LogP contribution in [0.5, 0.6) is 0 Å². The van der Waals surface area contributed by atoms with Crippen LogP contribution in [0, 0.1) is 0 Å². The van der Waals surface area contributed by atoms with Crippen molar-refractivity contribution >= 4 is 12.6 Å². The van der Waals surface area contributed by atoms with Crippen LogP contribution in [0.25, 0.3) is 0 Å². The number of methoxy groups -OCH3 is 2. The number of hydrogen-bond donors (Lipinski definition) is 0. The fourth-order valence-corrected chi connectivity index (χ4v) is 1.98. The summed E-state index contributed by atoms with van der Waals surface area (Å²) in [4.78, 5) is 0. The van der Waals surface area contributed by atoms with E-state index in [0.29, 0.717) is 6.54 Å². The van der Waals surface area contributed by atoms with E-state index in [1.165, 1.54) is 0 Å². The van der Waals surface area contributed by atoms with E-state index in [1.807, 2.05) is 33.9 Å². The summed E-state index contributed by atoms with van der Waals surface area (Å²) >= 11 is 0. The Bertz CT molecular complexity index is 441. The monoisotopic (exact) mass is 282 g/mol. The summed E-state index contributed by atoms with van der Waals surface area (Å²) in [6.45, 7) is 8.64. The third kappa shape index (κ3) is 2.91. The molecule has 7 heteroatoms. The summed E-state index contributed by atoms with van der Waals surface area (Å²) in [5.74, 6) is 0. The lowest BCUT2D eigenvalue weighted by Gasteiger charge is -2.32. The highest BCUT2D eigenvalue weighted by atomic mass is 16.7. The third-order valence-corrected chi connectivity index (χ3v) is 4.04. The van der Waals surface area contributed by atoms with Gasteiger partial charge in [-0.25, -0.2) is 0 Å². The maximum absolute atomic E-state index is 5.98. The van der Waals surface area contributed by atoms with Gasteiger partial charge in [0.05, 0.1) is 17.7 Å². The molecule has 0 unspecified atom stereocenters. The van der Waals surface area contributed by atoms with Crippen LogP contribution in [0.2, 0.25) is 0 Å². The topological polar surface area (TPSA) is 54.7 Å². The van der Waals surface area contributed by atoms with Crippen LogP contribution in [0.15, 0.2) is 12.4 Å². The lowest BCUT2D eigenvalue weighted by molar-refractivity contribution is -0.112. The Balaban J connectivity index is 2.07. The van der Waals surface area contributed by atoms with Gasteiger partial charge in [-0.05, 0) is 27.7 Å². The van der Waals surface area contributed by atoms with Crippen LogP contribution in [0.1, 0.15) is 27.7 Å². The molecule has 0 radical (unpaired) electrons. The van der Waals surface area contributed by atoms with Crippen molar-refractivity contribution in [1.82, 2.24) is 9.78 Å². The molecule has 20 heavy (non-hydrogen) atoms. The molecule has 0 N–H and O–H groups in total. The minimum Gasteiger partial charge on any atom is -0.399 e. The van der Waals surface area contributed by atoms with E-state index in [2.05, 4.69) is 5.10 Å². The van der Waals surface area contributed by atoms with Gasteiger partial charge < -0.3 is 18.8 Å². The Hall–Kier alpha value is -0.885. The molecule has 1 fully saturated rings. The SMILES string of the molecule is COC(Cn1cc(B2OC(C)(C)C(C)(C)O2)cn1)OC. The lowest BCUT2D eigenvalue weighted by Crippen LogP contribution is -2.41. The number of hydrogen-bond acceptors (Lipinski definition) is 5. The predicted molar refractivity (Wildman–Crippen MR) is 75.7 cm³/mol. The Morgan fingerprint density at radius 1 is 1.20 bits per heavy atom. The van der Waals surface area contributed by atoms with Crippen LogP contribution in [0.4, 0.5) is 0 Å².